The monoisotopic (exact) mass is 414 g/mol. The number of morpholine rings is 1. The van der Waals surface area contributed by atoms with E-state index in [0.29, 0.717) is 0 Å². The molecule has 6 nitrogen and oxygen atoms in total. The normalized spacial score (nSPS) is 26.9. The van der Waals surface area contributed by atoms with E-state index in [1.54, 1.807) is 0 Å². The zero-order valence-electron chi connectivity index (χ0n) is 18.7. The van der Waals surface area contributed by atoms with Gasteiger partial charge in [-0.1, -0.05) is 31.2 Å². The first-order valence-corrected chi connectivity index (χ1v) is 11.7. The van der Waals surface area contributed by atoms with Gasteiger partial charge < -0.3 is 19.7 Å². The van der Waals surface area contributed by atoms with Gasteiger partial charge in [0.15, 0.2) is 5.96 Å². The average Bonchev–Trinajstić information content (AvgIpc) is 3.32. The van der Waals surface area contributed by atoms with Crippen molar-refractivity contribution in [3.05, 3.63) is 35.4 Å². The SMILES string of the molecule is CN=C(NCc1ccccc1CN1CCC(C)CC1)N1CCOC(C2CCCO2)C1. The number of likely N-dealkylation sites (tertiary alicyclic amines) is 1. The molecule has 1 aromatic carbocycles. The van der Waals surface area contributed by atoms with E-state index >= 15 is 0 Å². The first-order chi connectivity index (χ1) is 14.7. The third-order valence-electron chi connectivity index (χ3n) is 6.81. The fourth-order valence-corrected chi connectivity index (χ4v) is 4.84. The zero-order chi connectivity index (χ0) is 20.8. The van der Waals surface area contributed by atoms with Crippen LogP contribution in [0.3, 0.4) is 0 Å². The molecule has 0 saturated carbocycles. The predicted molar refractivity (Wildman–Crippen MR) is 121 cm³/mol. The van der Waals surface area contributed by atoms with Crippen LogP contribution in [0, 0.1) is 5.92 Å². The molecule has 0 amide bonds. The van der Waals surface area contributed by atoms with Crippen LogP contribution >= 0.6 is 0 Å². The van der Waals surface area contributed by atoms with E-state index in [1.807, 2.05) is 7.05 Å². The molecule has 2 unspecified atom stereocenters. The van der Waals surface area contributed by atoms with Gasteiger partial charge in [0.25, 0.3) is 0 Å². The van der Waals surface area contributed by atoms with Gasteiger partial charge >= 0.3 is 0 Å². The lowest BCUT2D eigenvalue weighted by molar-refractivity contribution is -0.0817. The van der Waals surface area contributed by atoms with E-state index in [9.17, 15) is 0 Å². The lowest BCUT2D eigenvalue weighted by atomic mass is 9.98. The largest absolute Gasteiger partial charge is 0.375 e. The average molecular weight is 415 g/mol. The molecule has 0 aliphatic carbocycles. The van der Waals surface area contributed by atoms with Crippen molar-refractivity contribution in [2.75, 3.05) is 46.4 Å². The van der Waals surface area contributed by atoms with Crippen molar-refractivity contribution in [3.8, 4) is 0 Å². The van der Waals surface area contributed by atoms with Gasteiger partial charge in [0.05, 0.1) is 12.7 Å². The van der Waals surface area contributed by atoms with Crippen LogP contribution in [0.25, 0.3) is 0 Å². The quantitative estimate of drug-likeness (QED) is 0.593. The number of benzene rings is 1. The Morgan fingerprint density at radius 2 is 1.80 bits per heavy atom. The molecule has 0 aromatic heterocycles. The van der Waals surface area contributed by atoms with E-state index in [-0.39, 0.29) is 12.2 Å². The van der Waals surface area contributed by atoms with E-state index < -0.39 is 0 Å². The molecule has 1 N–H and O–H groups in total. The molecule has 6 heteroatoms. The molecule has 0 bridgehead atoms. The molecule has 3 heterocycles. The number of ether oxygens (including phenoxy) is 2. The van der Waals surface area contributed by atoms with Crippen LogP contribution < -0.4 is 5.32 Å². The van der Waals surface area contributed by atoms with Crippen LogP contribution in [0.2, 0.25) is 0 Å². The Balaban J connectivity index is 1.34. The van der Waals surface area contributed by atoms with Gasteiger partial charge in [-0.25, -0.2) is 0 Å². The Labute approximate surface area is 181 Å². The number of hydrogen-bond donors (Lipinski definition) is 1. The van der Waals surface area contributed by atoms with Crippen molar-refractivity contribution in [1.29, 1.82) is 0 Å². The molecule has 30 heavy (non-hydrogen) atoms. The summed E-state index contributed by atoms with van der Waals surface area (Å²) in [6.45, 7) is 9.95. The Bertz CT molecular complexity index is 696. The highest BCUT2D eigenvalue weighted by Crippen LogP contribution is 2.22. The molecule has 166 valence electrons. The Kier molecular flexibility index (Phi) is 7.63. The minimum atomic E-state index is 0.147. The number of nitrogens with zero attached hydrogens (tertiary/aromatic N) is 3. The maximum atomic E-state index is 6.01. The summed E-state index contributed by atoms with van der Waals surface area (Å²) in [5.74, 6) is 1.83. The van der Waals surface area contributed by atoms with E-state index in [2.05, 4.69) is 51.3 Å². The van der Waals surface area contributed by atoms with Crippen molar-refractivity contribution < 1.29 is 9.47 Å². The van der Waals surface area contributed by atoms with Crippen molar-refractivity contribution in [2.45, 2.75) is 57.9 Å². The maximum absolute atomic E-state index is 6.01. The van der Waals surface area contributed by atoms with E-state index in [0.717, 1.165) is 64.1 Å². The molecule has 0 spiro atoms. The predicted octanol–water partition coefficient (Wildman–Crippen LogP) is 2.87. The summed E-state index contributed by atoms with van der Waals surface area (Å²) in [6.07, 6.45) is 5.26. The first-order valence-electron chi connectivity index (χ1n) is 11.7. The summed E-state index contributed by atoms with van der Waals surface area (Å²) in [6, 6.07) is 8.83. The number of piperidine rings is 1. The zero-order valence-corrected chi connectivity index (χ0v) is 18.7. The van der Waals surface area contributed by atoms with Crippen LogP contribution in [0.15, 0.2) is 29.3 Å². The molecule has 3 saturated heterocycles. The summed E-state index contributed by atoms with van der Waals surface area (Å²) in [4.78, 5) is 9.49. The molecular weight excluding hydrogens is 376 g/mol. The Hall–Kier alpha value is -1.63. The number of rotatable bonds is 5. The maximum Gasteiger partial charge on any atom is 0.194 e. The number of nitrogens with one attached hydrogen (secondary N) is 1. The van der Waals surface area contributed by atoms with Gasteiger partial charge in [-0.2, -0.15) is 0 Å². The van der Waals surface area contributed by atoms with Gasteiger partial charge in [0, 0.05) is 39.8 Å². The third-order valence-corrected chi connectivity index (χ3v) is 6.81. The molecule has 3 aliphatic heterocycles. The molecule has 1 aromatic rings. The highest BCUT2D eigenvalue weighted by atomic mass is 16.5. The fraction of sp³-hybridized carbons (Fsp3) is 0.708. The molecular formula is C24H38N4O2. The molecule has 4 rings (SSSR count). The summed E-state index contributed by atoms with van der Waals surface area (Å²) >= 11 is 0. The van der Waals surface area contributed by atoms with Crippen molar-refractivity contribution in [1.82, 2.24) is 15.1 Å². The van der Waals surface area contributed by atoms with Crippen LogP contribution in [0.4, 0.5) is 0 Å². The van der Waals surface area contributed by atoms with E-state index in [4.69, 9.17) is 9.47 Å². The smallest absolute Gasteiger partial charge is 0.194 e. The number of aliphatic imine (C=N–C) groups is 1. The van der Waals surface area contributed by atoms with Gasteiger partial charge in [-0.05, 0) is 55.8 Å². The minimum absolute atomic E-state index is 0.147. The number of hydrogen-bond acceptors (Lipinski definition) is 4. The van der Waals surface area contributed by atoms with Gasteiger partial charge in [0.2, 0.25) is 0 Å². The molecule has 2 atom stereocenters. The van der Waals surface area contributed by atoms with Crippen molar-refractivity contribution in [2.24, 2.45) is 10.9 Å². The third kappa shape index (κ3) is 5.54. The Morgan fingerprint density at radius 1 is 1.03 bits per heavy atom. The first kappa shape index (κ1) is 21.6. The fourth-order valence-electron chi connectivity index (χ4n) is 4.84. The second-order valence-electron chi connectivity index (χ2n) is 9.03. The lowest BCUT2D eigenvalue weighted by Gasteiger charge is -2.37. The van der Waals surface area contributed by atoms with Crippen molar-refractivity contribution in [3.63, 3.8) is 0 Å². The second kappa shape index (κ2) is 10.6. The summed E-state index contributed by atoms with van der Waals surface area (Å²) in [5, 5.41) is 3.61. The topological polar surface area (TPSA) is 49.3 Å². The van der Waals surface area contributed by atoms with Crippen LogP contribution in [-0.4, -0.2) is 74.4 Å². The second-order valence-corrected chi connectivity index (χ2v) is 9.03. The summed E-state index contributed by atoms with van der Waals surface area (Å²) in [5.41, 5.74) is 2.79. The number of guanidine groups is 1. The van der Waals surface area contributed by atoms with Crippen molar-refractivity contribution >= 4 is 5.96 Å². The standard InChI is InChI=1S/C24H38N4O2/c1-19-9-11-27(12-10-19)17-21-7-4-3-6-20(21)16-26-24(25-2)28-13-15-30-23(18-28)22-8-5-14-29-22/h3-4,6-7,19,22-23H,5,8-18H2,1-2H3,(H,25,26). The van der Waals surface area contributed by atoms with Gasteiger partial charge in [-0.3, -0.25) is 9.89 Å². The summed E-state index contributed by atoms with van der Waals surface area (Å²) < 4.78 is 11.9. The van der Waals surface area contributed by atoms with Gasteiger partial charge in [0.1, 0.15) is 6.10 Å². The molecule has 0 radical (unpaired) electrons. The molecule has 3 fully saturated rings. The minimum Gasteiger partial charge on any atom is -0.375 e. The highest BCUT2D eigenvalue weighted by molar-refractivity contribution is 5.80. The Morgan fingerprint density at radius 3 is 2.53 bits per heavy atom. The highest BCUT2D eigenvalue weighted by Gasteiger charge is 2.32. The van der Waals surface area contributed by atoms with Gasteiger partial charge in [-0.15, -0.1) is 0 Å². The van der Waals surface area contributed by atoms with E-state index in [1.165, 1.54) is 37.1 Å². The van der Waals surface area contributed by atoms with Crippen LogP contribution in [0.1, 0.15) is 43.7 Å². The summed E-state index contributed by atoms with van der Waals surface area (Å²) in [7, 11) is 1.87. The van der Waals surface area contributed by atoms with Crippen LogP contribution in [-0.2, 0) is 22.6 Å². The lowest BCUT2D eigenvalue weighted by Crippen LogP contribution is -2.53. The molecule has 3 aliphatic rings. The van der Waals surface area contributed by atoms with Crippen LogP contribution in [0.5, 0.6) is 0 Å².